The van der Waals surface area contributed by atoms with E-state index >= 15 is 0 Å². The van der Waals surface area contributed by atoms with E-state index in [1.165, 1.54) is 25.6 Å². The molecule has 1 aliphatic rings. The molecule has 2 aromatic rings. The van der Waals surface area contributed by atoms with Crippen molar-refractivity contribution in [2.75, 3.05) is 26.1 Å². The Balaban J connectivity index is 1.92. The van der Waals surface area contributed by atoms with E-state index in [0.29, 0.717) is 39.3 Å². The zero-order valence-corrected chi connectivity index (χ0v) is 16.3. The fourth-order valence-corrected chi connectivity index (χ4v) is 4.88. The molecule has 26 heavy (non-hydrogen) atoms. The number of esters is 1. The van der Waals surface area contributed by atoms with Gasteiger partial charge in [0.15, 0.2) is 0 Å². The molecule has 0 aliphatic carbocycles. The van der Waals surface area contributed by atoms with E-state index in [2.05, 4.69) is 5.32 Å². The molecular formula is C16H15ClN2O5S2. The molecule has 138 valence electrons. The molecule has 3 heterocycles. The number of thiophene rings is 2. The van der Waals surface area contributed by atoms with Crippen LogP contribution in [-0.2, 0) is 22.4 Å². The largest absolute Gasteiger partial charge is 0.465 e. The number of nitrogens with one attached hydrogen (secondary N) is 1. The lowest BCUT2D eigenvalue weighted by Crippen LogP contribution is -2.35. The molecule has 1 aliphatic heterocycles. The lowest BCUT2D eigenvalue weighted by molar-refractivity contribution is 0.0600. The van der Waals surface area contributed by atoms with Crippen LogP contribution in [0.3, 0.4) is 0 Å². The minimum atomic E-state index is -0.520. The van der Waals surface area contributed by atoms with Gasteiger partial charge in [-0.15, -0.1) is 22.7 Å². The van der Waals surface area contributed by atoms with Gasteiger partial charge in [-0.1, -0.05) is 11.6 Å². The summed E-state index contributed by atoms with van der Waals surface area (Å²) in [5, 5.41) is 3.17. The van der Waals surface area contributed by atoms with E-state index in [1.54, 1.807) is 17.0 Å². The molecule has 0 radical (unpaired) electrons. The Kier molecular flexibility index (Phi) is 5.49. The standard InChI is InChI=1S/C16H15ClN2O5S2/c1-23-15(21)12-8-5-6-19(16(22)24-2)7-10(8)26-14(12)18-13(20)9-3-4-11(17)25-9/h3-4H,5-7H2,1-2H3,(H,18,20). The molecule has 10 heteroatoms. The molecule has 1 N–H and O–H groups in total. The topological polar surface area (TPSA) is 84.9 Å². The first-order chi connectivity index (χ1) is 12.4. The van der Waals surface area contributed by atoms with Crippen LogP contribution in [0.1, 0.15) is 30.5 Å². The van der Waals surface area contributed by atoms with Crippen molar-refractivity contribution in [3.05, 3.63) is 37.4 Å². The van der Waals surface area contributed by atoms with Gasteiger partial charge in [-0.05, 0) is 24.1 Å². The molecule has 0 unspecified atom stereocenters. The third-order valence-corrected chi connectivity index (χ3v) is 6.27. The van der Waals surface area contributed by atoms with Crippen molar-refractivity contribution < 1.29 is 23.9 Å². The Morgan fingerprint density at radius 1 is 1.19 bits per heavy atom. The molecule has 0 fully saturated rings. The number of rotatable bonds is 3. The van der Waals surface area contributed by atoms with Crippen LogP contribution in [0.4, 0.5) is 9.80 Å². The summed E-state index contributed by atoms with van der Waals surface area (Å²) in [6, 6.07) is 3.25. The predicted octanol–water partition coefficient (Wildman–Crippen LogP) is 3.63. The Bertz CT molecular complexity index is 876. The fraction of sp³-hybridized carbons (Fsp3) is 0.312. The number of fused-ring (bicyclic) bond motifs is 1. The molecule has 0 spiro atoms. The van der Waals surface area contributed by atoms with Crippen LogP contribution in [0.2, 0.25) is 4.34 Å². The zero-order chi connectivity index (χ0) is 18.8. The van der Waals surface area contributed by atoms with Crippen LogP contribution in [0, 0.1) is 0 Å². The molecule has 0 saturated carbocycles. The molecule has 0 saturated heterocycles. The molecule has 0 aromatic carbocycles. The number of hydrogen-bond acceptors (Lipinski definition) is 7. The van der Waals surface area contributed by atoms with Crippen molar-refractivity contribution in [1.29, 1.82) is 0 Å². The van der Waals surface area contributed by atoms with Crippen LogP contribution in [0.25, 0.3) is 0 Å². The lowest BCUT2D eigenvalue weighted by Gasteiger charge is -2.25. The Labute approximate surface area is 162 Å². The molecule has 2 amide bonds. The monoisotopic (exact) mass is 414 g/mol. The van der Waals surface area contributed by atoms with Crippen LogP contribution < -0.4 is 5.32 Å². The van der Waals surface area contributed by atoms with E-state index < -0.39 is 12.1 Å². The number of halogens is 1. The summed E-state index contributed by atoms with van der Waals surface area (Å²) in [6.07, 6.45) is 0.0500. The normalized spacial score (nSPS) is 13.1. The molecule has 2 aromatic heterocycles. The van der Waals surface area contributed by atoms with E-state index in [0.717, 1.165) is 21.8 Å². The van der Waals surface area contributed by atoms with Crippen molar-refractivity contribution in [2.45, 2.75) is 13.0 Å². The summed E-state index contributed by atoms with van der Waals surface area (Å²) in [6.45, 7) is 0.742. The second-order valence-electron chi connectivity index (χ2n) is 5.40. The maximum absolute atomic E-state index is 12.4. The third-order valence-electron chi connectivity index (χ3n) is 3.90. The van der Waals surface area contributed by atoms with Crippen LogP contribution >= 0.6 is 34.3 Å². The molecule has 0 bridgehead atoms. The van der Waals surface area contributed by atoms with Gasteiger partial charge in [0.2, 0.25) is 0 Å². The van der Waals surface area contributed by atoms with Crippen LogP contribution in [0.5, 0.6) is 0 Å². The SMILES string of the molecule is COC(=O)c1c(NC(=O)c2ccc(Cl)s2)sc2c1CCN(C(=O)OC)C2. The second kappa shape index (κ2) is 7.65. The van der Waals surface area contributed by atoms with Gasteiger partial charge in [0, 0.05) is 11.4 Å². The van der Waals surface area contributed by atoms with E-state index in [-0.39, 0.29) is 5.91 Å². The maximum atomic E-state index is 12.4. The summed E-state index contributed by atoms with van der Waals surface area (Å²) in [4.78, 5) is 39.3. The summed E-state index contributed by atoms with van der Waals surface area (Å²) in [5.41, 5.74) is 1.13. The minimum Gasteiger partial charge on any atom is -0.465 e. The second-order valence-corrected chi connectivity index (χ2v) is 8.22. The Morgan fingerprint density at radius 3 is 2.58 bits per heavy atom. The van der Waals surface area contributed by atoms with E-state index in [4.69, 9.17) is 21.1 Å². The van der Waals surface area contributed by atoms with E-state index in [1.807, 2.05) is 0 Å². The van der Waals surface area contributed by atoms with Gasteiger partial charge in [0.05, 0.1) is 35.5 Å². The summed E-state index contributed by atoms with van der Waals surface area (Å²) in [5.74, 6) is -0.871. The Morgan fingerprint density at radius 2 is 1.96 bits per heavy atom. The highest BCUT2D eigenvalue weighted by atomic mass is 35.5. The first kappa shape index (κ1) is 18.7. The van der Waals surface area contributed by atoms with Crippen LogP contribution in [-0.4, -0.2) is 43.6 Å². The third kappa shape index (κ3) is 3.55. The number of nitrogens with zero attached hydrogens (tertiary/aromatic N) is 1. The fourth-order valence-electron chi connectivity index (χ4n) is 2.70. The first-order valence-corrected chi connectivity index (χ1v) is 9.58. The number of anilines is 1. The molecule has 0 atom stereocenters. The predicted molar refractivity (Wildman–Crippen MR) is 99.5 cm³/mol. The van der Waals surface area contributed by atoms with Crippen LogP contribution in [0.15, 0.2) is 12.1 Å². The summed E-state index contributed by atoms with van der Waals surface area (Å²) in [7, 11) is 2.62. The smallest absolute Gasteiger partial charge is 0.409 e. The lowest BCUT2D eigenvalue weighted by atomic mass is 10.0. The minimum absolute atomic E-state index is 0.317. The van der Waals surface area contributed by atoms with Gasteiger partial charge in [-0.25, -0.2) is 9.59 Å². The summed E-state index contributed by atoms with van der Waals surface area (Å²) >= 11 is 8.28. The van der Waals surface area contributed by atoms with Crippen molar-refractivity contribution in [3.63, 3.8) is 0 Å². The van der Waals surface area contributed by atoms with Gasteiger partial charge < -0.3 is 19.7 Å². The maximum Gasteiger partial charge on any atom is 0.409 e. The highest BCUT2D eigenvalue weighted by molar-refractivity contribution is 7.18. The average molecular weight is 415 g/mol. The van der Waals surface area contributed by atoms with Gasteiger partial charge in [-0.2, -0.15) is 0 Å². The quantitative estimate of drug-likeness (QED) is 0.775. The Hall–Kier alpha value is -2.10. The number of carbonyl (C=O) groups excluding carboxylic acids is 3. The number of methoxy groups -OCH3 is 2. The number of hydrogen-bond donors (Lipinski definition) is 1. The van der Waals surface area contributed by atoms with Crippen molar-refractivity contribution in [1.82, 2.24) is 4.90 Å². The van der Waals surface area contributed by atoms with Crippen molar-refractivity contribution in [3.8, 4) is 0 Å². The summed E-state index contributed by atoms with van der Waals surface area (Å²) < 4.78 is 10.1. The van der Waals surface area contributed by atoms with Gasteiger partial charge in [0.25, 0.3) is 5.91 Å². The van der Waals surface area contributed by atoms with Gasteiger partial charge >= 0.3 is 12.1 Å². The number of amides is 2. The molecular weight excluding hydrogens is 400 g/mol. The highest BCUT2D eigenvalue weighted by Crippen LogP contribution is 2.38. The number of ether oxygens (including phenoxy) is 2. The zero-order valence-electron chi connectivity index (χ0n) is 14.0. The number of carbonyl (C=O) groups is 3. The highest BCUT2D eigenvalue weighted by Gasteiger charge is 2.31. The molecule has 3 rings (SSSR count). The average Bonchev–Trinajstić information content (AvgIpc) is 3.22. The van der Waals surface area contributed by atoms with Gasteiger partial charge in [-0.3, -0.25) is 4.79 Å². The van der Waals surface area contributed by atoms with Crippen molar-refractivity contribution >= 4 is 57.2 Å². The van der Waals surface area contributed by atoms with Gasteiger partial charge in [0.1, 0.15) is 5.00 Å². The van der Waals surface area contributed by atoms with Crippen molar-refractivity contribution in [2.24, 2.45) is 0 Å². The molecule has 7 nitrogen and oxygen atoms in total. The first-order valence-electron chi connectivity index (χ1n) is 7.57. The van der Waals surface area contributed by atoms with E-state index in [9.17, 15) is 14.4 Å².